The summed E-state index contributed by atoms with van der Waals surface area (Å²) in [5.74, 6) is -2.59. The largest absolute Gasteiger partial charge is 0.348 e. The summed E-state index contributed by atoms with van der Waals surface area (Å²) in [5, 5.41) is 6.06. The highest BCUT2D eigenvalue weighted by Gasteiger charge is 2.17. The van der Waals surface area contributed by atoms with Gasteiger partial charge in [-0.3, -0.25) is 4.79 Å². The predicted molar refractivity (Wildman–Crippen MR) is 67.0 cm³/mol. The molecule has 18 heavy (non-hydrogen) atoms. The van der Waals surface area contributed by atoms with E-state index in [1.165, 1.54) is 0 Å². The van der Waals surface area contributed by atoms with Crippen LogP contribution in [0.4, 0.5) is 8.78 Å². The molecule has 0 aromatic heterocycles. The minimum Gasteiger partial charge on any atom is -0.348 e. The first kappa shape index (κ1) is 13.3. The standard InChI is InChI=1S/C12H14F2N2OS/c13-12(14)18-10-3-1-8(2-4-10)11(17)16-9-5-6-15-7-9/h1-4,9,12,15H,5-7H2,(H,16,17). The van der Waals surface area contributed by atoms with Crippen LogP contribution in [-0.4, -0.2) is 30.8 Å². The SMILES string of the molecule is O=C(NC1CCNC1)c1ccc(SC(F)F)cc1. The van der Waals surface area contributed by atoms with E-state index in [0.717, 1.165) is 19.5 Å². The molecular formula is C12H14F2N2OS. The van der Waals surface area contributed by atoms with Crippen molar-refractivity contribution < 1.29 is 13.6 Å². The molecule has 1 amide bonds. The highest BCUT2D eigenvalue weighted by Crippen LogP contribution is 2.25. The molecule has 1 heterocycles. The average Bonchev–Trinajstić information content (AvgIpc) is 2.82. The number of hydrogen-bond donors (Lipinski definition) is 2. The number of halogens is 2. The van der Waals surface area contributed by atoms with E-state index < -0.39 is 5.76 Å². The third-order valence-corrected chi connectivity index (χ3v) is 3.46. The zero-order chi connectivity index (χ0) is 13.0. The van der Waals surface area contributed by atoms with Crippen LogP contribution >= 0.6 is 11.8 Å². The Morgan fingerprint density at radius 2 is 2.11 bits per heavy atom. The van der Waals surface area contributed by atoms with Crippen molar-refractivity contribution in [2.24, 2.45) is 0 Å². The maximum atomic E-state index is 12.1. The van der Waals surface area contributed by atoms with Gasteiger partial charge in [0.25, 0.3) is 11.7 Å². The lowest BCUT2D eigenvalue weighted by Crippen LogP contribution is -2.36. The van der Waals surface area contributed by atoms with Crippen molar-refractivity contribution in [3.63, 3.8) is 0 Å². The van der Waals surface area contributed by atoms with Crippen molar-refractivity contribution in [2.75, 3.05) is 13.1 Å². The van der Waals surface area contributed by atoms with Crippen molar-refractivity contribution in [3.05, 3.63) is 29.8 Å². The van der Waals surface area contributed by atoms with Crippen LogP contribution in [0.15, 0.2) is 29.2 Å². The smallest absolute Gasteiger partial charge is 0.288 e. The van der Waals surface area contributed by atoms with Crippen molar-refractivity contribution in [2.45, 2.75) is 23.1 Å². The monoisotopic (exact) mass is 272 g/mol. The second-order valence-corrected chi connectivity index (χ2v) is 5.13. The quantitative estimate of drug-likeness (QED) is 0.825. The van der Waals surface area contributed by atoms with E-state index in [0.29, 0.717) is 22.2 Å². The normalized spacial score (nSPS) is 19.2. The topological polar surface area (TPSA) is 41.1 Å². The summed E-state index contributed by atoms with van der Waals surface area (Å²) in [6, 6.07) is 6.38. The van der Waals surface area contributed by atoms with E-state index >= 15 is 0 Å². The Morgan fingerprint density at radius 3 is 2.67 bits per heavy atom. The van der Waals surface area contributed by atoms with E-state index in [4.69, 9.17) is 0 Å². The third kappa shape index (κ3) is 3.68. The van der Waals surface area contributed by atoms with Crippen LogP contribution in [-0.2, 0) is 0 Å². The molecule has 3 nitrogen and oxygen atoms in total. The van der Waals surface area contributed by atoms with Gasteiger partial charge in [-0.1, -0.05) is 11.8 Å². The molecule has 0 radical (unpaired) electrons. The van der Waals surface area contributed by atoms with Gasteiger partial charge < -0.3 is 10.6 Å². The zero-order valence-corrected chi connectivity index (χ0v) is 10.5. The Morgan fingerprint density at radius 1 is 1.39 bits per heavy atom. The van der Waals surface area contributed by atoms with Gasteiger partial charge in [-0.2, -0.15) is 8.78 Å². The lowest BCUT2D eigenvalue weighted by atomic mass is 10.2. The Bertz CT molecular complexity index is 405. The van der Waals surface area contributed by atoms with Crippen LogP contribution in [0.5, 0.6) is 0 Å². The molecule has 1 aliphatic heterocycles. The number of hydrogen-bond acceptors (Lipinski definition) is 3. The number of alkyl halides is 2. The maximum Gasteiger partial charge on any atom is 0.288 e. The lowest BCUT2D eigenvalue weighted by molar-refractivity contribution is 0.0940. The van der Waals surface area contributed by atoms with E-state index in [-0.39, 0.29) is 11.9 Å². The van der Waals surface area contributed by atoms with E-state index in [1.54, 1.807) is 24.3 Å². The summed E-state index contributed by atoms with van der Waals surface area (Å²) in [4.78, 5) is 12.3. The Kier molecular flexibility index (Phi) is 4.54. The number of rotatable bonds is 4. The molecule has 0 bridgehead atoms. The van der Waals surface area contributed by atoms with Gasteiger partial charge in [0.15, 0.2) is 0 Å². The first-order valence-electron chi connectivity index (χ1n) is 5.71. The molecule has 1 saturated heterocycles. The predicted octanol–water partition coefficient (Wildman–Crippen LogP) is 2.09. The first-order valence-corrected chi connectivity index (χ1v) is 6.59. The van der Waals surface area contributed by atoms with Crippen LogP contribution in [0.2, 0.25) is 0 Å². The fourth-order valence-corrected chi connectivity index (χ4v) is 2.33. The number of thioether (sulfide) groups is 1. The van der Waals surface area contributed by atoms with Crippen molar-refractivity contribution >= 4 is 17.7 Å². The van der Waals surface area contributed by atoms with Gasteiger partial charge in [0, 0.05) is 23.0 Å². The second kappa shape index (κ2) is 6.15. The van der Waals surface area contributed by atoms with E-state index in [1.807, 2.05) is 0 Å². The molecule has 0 aliphatic carbocycles. The van der Waals surface area contributed by atoms with Crippen LogP contribution < -0.4 is 10.6 Å². The number of carbonyl (C=O) groups is 1. The van der Waals surface area contributed by atoms with Gasteiger partial charge in [0.1, 0.15) is 0 Å². The minimum atomic E-state index is -2.44. The van der Waals surface area contributed by atoms with Crippen molar-refractivity contribution in [1.82, 2.24) is 10.6 Å². The molecule has 0 spiro atoms. The number of amides is 1. The minimum absolute atomic E-state index is 0.155. The fraction of sp³-hybridized carbons (Fsp3) is 0.417. The second-order valence-electron chi connectivity index (χ2n) is 4.07. The Labute approximate surface area is 108 Å². The Balaban J connectivity index is 1.93. The maximum absolute atomic E-state index is 12.1. The molecule has 0 saturated carbocycles. The van der Waals surface area contributed by atoms with Crippen molar-refractivity contribution in [3.8, 4) is 0 Å². The molecule has 6 heteroatoms. The number of benzene rings is 1. The summed E-state index contributed by atoms with van der Waals surface area (Å²) < 4.78 is 24.3. The molecule has 1 fully saturated rings. The molecular weight excluding hydrogens is 258 g/mol. The molecule has 1 unspecified atom stereocenters. The zero-order valence-electron chi connectivity index (χ0n) is 9.66. The van der Waals surface area contributed by atoms with Gasteiger partial charge >= 0.3 is 0 Å². The summed E-state index contributed by atoms with van der Waals surface area (Å²) in [6.07, 6.45) is 0.922. The van der Waals surface area contributed by atoms with Gasteiger partial charge in [0.05, 0.1) is 0 Å². The molecule has 1 aromatic carbocycles. The Hall–Kier alpha value is -1.14. The van der Waals surface area contributed by atoms with Crippen molar-refractivity contribution in [1.29, 1.82) is 0 Å². The van der Waals surface area contributed by atoms with Crippen LogP contribution in [0, 0.1) is 0 Å². The summed E-state index contributed by atoms with van der Waals surface area (Å²) in [5.41, 5.74) is 0.500. The van der Waals surface area contributed by atoms with Gasteiger partial charge in [-0.25, -0.2) is 0 Å². The molecule has 1 atom stereocenters. The third-order valence-electron chi connectivity index (χ3n) is 2.74. The molecule has 98 valence electrons. The molecule has 2 rings (SSSR count). The highest BCUT2D eigenvalue weighted by molar-refractivity contribution is 7.99. The summed E-state index contributed by atoms with van der Waals surface area (Å²) >= 11 is 0.477. The number of nitrogens with one attached hydrogen (secondary N) is 2. The first-order chi connectivity index (χ1) is 8.65. The molecule has 2 N–H and O–H groups in total. The van der Waals surface area contributed by atoms with Gasteiger partial charge in [-0.15, -0.1) is 0 Å². The van der Waals surface area contributed by atoms with E-state index in [2.05, 4.69) is 10.6 Å². The summed E-state index contributed by atoms with van der Waals surface area (Å²) in [7, 11) is 0. The number of carbonyl (C=O) groups excluding carboxylic acids is 1. The van der Waals surface area contributed by atoms with Crippen LogP contribution in [0.1, 0.15) is 16.8 Å². The molecule has 1 aliphatic rings. The molecule has 1 aromatic rings. The summed E-state index contributed by atoms with van der Waals surface area (Å²) in [6.45, 7) is 1.69. The van der Waals surface area contributed by atoms with Gasteiger partial charge in [-0.05, 0) is 37.2 Å². The lowest BCUT2D eigenvalue weighted by Gasteiger charge is -2.11. The van der Waals surface area contributed by atoms with Crippen LogP contribution in [0.25, 0.3) is 0 Å². The average molecular weight is 272 g/mol. The van der Waals surface area contributed by atoms with Gasteiger partial charge in [0.2, 0.25) is 0 Å². The van der Waals surface area contributed by atoms with E-state index in [9.17, 15) is 13.6 Å². The highest BCUT2D eigenvalue weighted by atomic mass is 32.2. The van der Waals surface area contributed by atoms with Crippen LogP contribution in [0.3, 0.4) is 0 Å². The fourth-order valence-electron chi connectivity index (χ4n) is 1.83.